The Bertz CT molecular complexity index is 869. The van der Waals surface area contributed by atoms with Crippen molar-refractivity contribution in [1.82, 2.24) is 4.90 Å². The molecule has 0 aliphatic carbocycles. The van der Waals surface area contributed by atoms with Crippen LogP contribution in [0.25, 0.3) is 0 Å². The van der Waals surface area contributed by atoms with Crippen molar-refractivity contribution in [2.75, 3.05) is 21.2 Å². The molecule has 2 aliphatic heterocycles. The van der Waals surface area contributed by atoms with Gasteiger partial charge >= 0.3 is 5.97 Å². The lowest BCUT2D eigenvalue weighted by Gasteiger charge is -2.48. The van der Waals surface area contributed by atoms with Gasteiger partial charge in [-0.25, -0.2) is 0 Å². The number of aliphatic hydroxyl groups excluding tert-OH is 2. The molecule has 2 aliphatic rings. The van der Waals surface area contributed by atoms with E-state index in [1.807, 2.05) is 53.6 Å². The number of hydrogen-bond donors (Lipinski definition) is 3. The molecule has 0 saturated carbocycles. The zero-order chi connectivity index (χ0) is 32.2. The number of esters is 1. The Balaban J connectivity index is 2.58. The van der Waals surface area contributed by atoms with Gasteiger partial charge in [0, 0.05) is 31.4 Å². The van der Waals surface area contributed by atoms with Crippen molar-refractivity contribution < 1.29 is 43.9 Å². The van der Waals surface area contributed by atoms with Crippen LogP contribution in [0.5, 0.6) is 0 Å². The van der Waals surface area contributed by atoms with Gasteiger partial charge in [0.25, 0.3) is 0 Å². The van der Waals surface area contributed by atoms with E-state index in [9.17, 15) is 24.9 Å². The van der Waals surface area contributed by atoms with E-state index >= 15 is 0 Å². The molecule has 2 fully saturated rings. The van der Waals surface area contributed by atoms with Crippen LogP contribution in [-0.4, -0.2) is 108 Å². The first kappa shape index (κ1) is 37.0. The zero-order valence-corrected chi connectivity index (χ0v) is 27.8. The predicted octanol–water partition coefficient (Wildman–Crippen LogP) is 3.18. The molecule has 0 aromatic carbocycles. The second-order valence-corrected chi connectivity index (χ2v) is 13.9. The summed E-state index contributed by atoms with van der Waals surface area (Å²) in [6, 6.07) is -0.187. The molecule has 0 aromatic heterocycles. The minimum Gasteiger partial charge on any atom is -0.459 e. The van der Waals surface area contributed by atoms with Crippen LogP contribution in [0.15, 0.2) is 0 Å². The first-order chi connectivity index (χ1) is 19.4. The van der Waals surface area contributed by atoms with Gasteiger partial charge in [-0.1, -0.05) is 27.7 Å². The number of nitrogens with zero attached hydrogens (tertiary/aromatic N) is 1. The normalized spacial score (nSPS) is 46.6. The number of carbonyl (C=O) groups excluding carboxylic acids is 2. The zero-order valence-electron chi connectivity index (χ0n) is 27.8. The Morgan fingerprint density at radius 1 is 1.07 bits per heavy atom. The van der Waals surface area contributed by atoms with Crippen LogP contribution in [0.2, 0.25) is 0 Å². The summed E-state index contributed by atoms with van der Waals surface area (Å²) in [5, 5.41) is 34.6. The summed E-state index contributed by atoms with van der Waals surface area (Å²) in [4.78, 5) is 27.1. The molecule has 0 radical (unpaired) electrons. The molecule has 0 amide bonds. The first-order valence-corrected chi connectivity index (χ1v) is 15.7. The van der Waals surface area contributed by atoms with Gasteiger partial charge in [-0.2, -0.15) is 0 Å². The average Bonchev–Trinajstić information content (AvgIpc) is 2.92. The number of ether oxygens (including phenoxy) is 4. The minimum atomic E-state index is -1.45. The van der Waals surface area contributed by atoms with Crippen molar-refractivity contribution in [2.24, 2.45) is 29.6 Å². The van der Waals surface area contributed by atoms with E-state index in [2.05, 4.69) is 6.92 Å². The summed E-state index contributed by atoms with van der Waals surface area (Å²) in [6.07, 6.45) is -1.77. The molecule has 2 saturated heterocycles. The van der Waals surface area contributed by atoms with Gasteiger partial charge in [0.05, 0.1) is 29.8 Å². The number of rotatable bonds is 7. The SMILES string of the molecule is CC[C@H]1OC(=O)[C@H](C)[C@@H](O)[C@@H](C)[C@@H](O[C@@H]2O[C@H](C)C[C@H](N(C)C)[C@H]2O)[C@](C)(OC)C[C@@H](C)CC(C)[C@H](CC=O)[C@]1(C)O. The molecule has 0 bridgehead atoms. The van der Waals surface area contributed by atoms with E-state index in [1.54, 1.807) is 21.0 Å². The fourth-order valence-electron chi connectivity index (χ4n) is 7.54. The van der Waals surface area contributed by atoms with Crippen LogP contribution in [0.1, 0.15) is 87.5 Å². The molecular formula is C32H59NO9. The van der Waals surface area contributed by atoms with Crippen molar-refractivity contribution in [1.29, 1.82) is 0 Å². The van der Waals surface area contributed by atoms with Gasteiger partial charge in [0.1, 0.15) is 24.1 Å². The van der Waals surface area contributed by atoms with E-state index in [0.29, 0.717) is 25.7 Å². The maximum Gasteiger partial charge on any atom is 0.311 e. The number of cyclic esters (lactones) is 1. The molecule has 1 unspecified atom stereocenters. The second kappa shape index (κ2) is 15.2. The Hall–Kier alpha value is -1.14. The van der Waals surface area contributed by atoms with Crippen molar-refractivity contribution in [3.05, 3.63) is 0 Å². The van der Waals surface area contributed by atoms with Crippen molar-refractivity contribution in [3.8, 4) is 0 Å². The average molecular weight is 602 g/mol. The third-order valence-electron chi connectivity index (χ3n) is 10.1. The van der Waals surface area contributed by atoms with Gasteiger partial charge in [0.2, 0.25) is 0 Å². The summed E-state index contributed by atoms with van der Waals surface area (Å²) >= 11 is 0. The molecule has 10 heteroatoms. The minimum absolute atomic E-state index is 0.0685. The third-order valence-corrected chi connectivity index (χ3v) is 10.1. The monoisotopic (exact) mass is 601 g/mol. The highest BCUT2D eigenvalue weighted by Gasteiger charge is 2.50. The van der Waals surface area contributed by atoms with Crippen molar-refractivity contribution in [3.63, 3.8) is 0 Å². The molecule has 246 valence electrons. The molecule has 2 heterocycles. The van der Waals surface area contributed by atoms with E-state index in [1.165, 1.54) is 0 Å². The number of likely N-dealkylation sites (N-methyl/N-ethyl adjacent to an activating group) is 1. The standard InChI is InChI=1S/C32H59NO9/c1-12-25-32(8,38)23(13-14-34)19(3)15-18(2)17-31(7,39-11)28(21(5)26(35)22(6)29(37)41-25)42-30-27(36)24(33(9)10)16-20(4)40-30/h14,18-28,30,35-36,38H,12-13,15-17H2,1-11H3/t18-,19?,20+,21+,22+,23-,24-,25+,26-,27+,28+,30-,31+,32-/m0/s1. The highest BCUT2D eigenvalue weighted by Crippen LogP contribution is 2.41. The third kappa shape index (κ3) is 8.31. The Morgan fingerprint density at radius 2 is 1.69 bits per heavy atom. The lowest BCUT2D eigenvalue weighted by Crippen LogP contribution is -2.59. The molecule has 10 nitrogen and oxygen atoms in total. The largest absolute Gasteiger partial charge is 0.459 e. The fourth-order valence-corrected chi connectivity index (χ4v) is 7.54. The molecule has 42 heavy (non-hydrogen) atoms. The van der Waals surface area contributed by atoms with Gasteiger partial charge < -0.3 is 44.0 Å². The highest BCUT2D eigenvalue weighted by atomic mass is 16.7. The van der Waals surface area contributed by atoms with Crippen LogP contribution in [0, 0.1) is 29.6 Å². The van der Waals surface area contributed by atoms with E-state index in [-0.39, 0.29) is 30.4 Å². The molecular weight excluding hydrogens is 542 g/mol. The maximum absolute atomic E-state index is 13.4. The Morgan fingerprint density at radius 3 is 2.21 bits per heavy atom. The number of aliphatic hydroxyl groups is 3. The Labute approximate surface area is 253 Å². The van der Waals surface area contributed by atoms with Crippen LogP contribution in [0.4, 0.5) is 0 Å². The summed E-state index contributed by atoms with van der Waals surface area (Å²) in [7, 11) is 5.41. The van der Waals surface area contributed by atoms with E-state index < -0.39 is 65.6 Å². The number of carbonyl (C=O) groups is 2. The number of methoxy groups -OCH3 is 1. The Kier molecular flexibility index (Phi) is 13.4. The van der Waals surface area contributed by atoms with Crippen molar-refractivity contribution in [2.45, 2.75) is 142 Å². The molecule has 2 rings (SSSR count). The van der Waals surface area contributed by atoms with E-state index in [4.69, 9.17) is 18.9 Å². The van der Waals surface area contributed by atoms with Crippen molar-refractivity contribution >= 4 is 12.3 Å². The van der Waals surface area contributed by atoms with Crippen LogP contribution < -0.4 is 0 Å². The van der Waals surface area contributed by atoms with Gasteiger partial charge in [-0.3, -0.25) is 4.79 Å². The quantitative estimate of drug-likeness (QED) is 0.295. The molecule has 3 N–H and O–H groups in total. The molecule has 0 spiro atoms. The molecule has 14 atom stereocenters. The lowest BCUT2D eigenvalue weighted by molar-refractivity contribution is -0.301. The second-order valence-electron chi connectivity index (χ2n) is 13.9. The topological polar surface area (TPSA) is 135 Å². The van der Waals surface area contributed by atoms with Gasteiger partial charge in [-0.15, -0.1) is 0 Å². The number of aldehydes is 1. The van der Waals surface area contributed by atoms with E-state index in [0.717, 1.165) is 6.29 Å². The summed E-state index contributed by atoms with van der Waals surface area (Å²) in [5.41, 5.74) is -2.39. The maximum atomic E-state index is 13.4. The van der Waals surface area contributed by atoms with Crippen LogP contribution in [0.3, 0.4) is 0 Å². The number of hydrogen-bond acceptors (Lipinski definition) is 10. The summed E-state index contributed by atoms with van der Waals surface area (Å²) in [5.74, 6) is -2.68. The smallest absolute Gasteiger partial charge is 0.311 e. The first-order valence-electron chi connectivity index (χ1n) is 15.7. The highest BCUT2D eigenvalue weighted by molar-refractivity contribution is 5.73. The molecule has 0 aromatic rings. The van der Waals surface area contributed by atoms with Crippen LogP contribution in [-0.2, 0) is 28.5 Å². The van der Waals surface area contributed by atoms with Gasteiger partial charge in [-0.05, 0) is 79.3 Å². The predicted molar refractivity (Wildman–Crippen MR) is 160 cm³/mol. The van der Waals surface area contributed by atoms with Gasteiger partial charge in [0.15, 0.2) is 6.29 Å². The summed E-state index contributed by atoms with van der Waals surface area (Å²) in [6.45, 7) is 14.9. The fraction of sp³-hybridized carbons (Fsp3) is 0.938. The summed E-state index contributed by atoms with van der Waals surface area (Å²) < 4.78 is 24.8. The lowest BCUT2D eigenvalue weighted by atomic mass is 9.70. The van der Waals surface area contributed by atoms with Crippen LogP contribution >= 0.6 is 0 Å².